The Morgan fingerprint density at radius 1 is 0.484 bits per heavy atom. The van der Waals surface area contributed by atoms with Crippen LogP contribution in [0.1, 0.15) is 168 Å². The van der Waals surface area contributed by atoms with E-state index < -0.39 is 0 Å². The minimum Gasteiger partial charge on any atom is -1.00 e. The van der Waals surface area contributed by atoms with Gasteiger partial charge in [0, 0.05) is 0 Å². The molecule has 4 heteroatoms. The molecular weight excluding hydrogens is 911 g/mol. The monoisotopic (exact) mass is 988 g/mol. The van der Waals surface area contributed by atoms with Crippen LogP contribution in [0.3, 0.4) is 0 Å². The Bertz CT molecular complexity index is 2200. The van der Waals surface area contributed by atoms with Crippen molar-refractivity contribution in [1.29, 1.82) is 0 Å². The zero-order chi connectivity index (χ0) is 44.5. The molecule has 0 N–H and O–H groups in total. The van der Waals surface area contributed by atoms with Crippen molar-refractivity contribution in [3.05, 3.63) is 131 Å². The minimum absolute atomic E-state index is 0. The Morgan fingerprint density at radius 2 is 0.797 bits per heavy atom. The molecule has 344 valence electrons. The molecule has 0 amide bonds. The van der Waals surface area contributed by atoms with Crippen LogP contribution in [0.5, 0.6) is 0 Å². The van der Waals surface area contributed by atoms with Gasteiger partial charge in [-0.1, -0.05) is 191 Å². The fourth-order valence-corrected chi connectivity index (χ4v) is 11.1. The summed E-state index contributed by atoms with van der Waals surface area (Å²) in [5, 5.41) is 5.67. The third-order valence-electron chi connectivity index (χ3n) is 14.7. The molecule has 64 heavy (non-hydrogen) atoms. The number of halogens is 2. The third kappa shape index (κ3) is 13.9. The normalized spacial score (nSPS) is 16.2. The summed E-state index contributed by atoms with van der Waals surface area (Å²) in [5.74, 6) is 0. The molecule has 0 radical (unpaired) electrons. The number of benzene rings is 4. The average molecular weight is 992 g/mol. The van der Waals surface area contributed by atoms with Gasteiger partial charge in [-0.05, 0) is 82.4 Å². The molecule has 2 aliphatic carbocycles. The van der Waals surface area contributed by atoms with E-state index in [1.54, 1.807) is 34.5 Å². The Balaban J connectivity index is 0.000000252. The van der Waals surface area contributed by atoms with Crippen molar-refractivity contribution in [3.8, 4) is 22.3 Å². The Kier molecular flexibility index (Phi) is 20.5. The molecule has 0 atom stereocenters. The van der Waals surface area contributed by atoms with Crippen molar-refractivity contribution < 1.29 is 48.1 Å². The van der Waals surface area contributed by atoms with Crippen molar-refractivity contribution >= 4 is 27.0 Å². The summed E-state index contributed by atoms with van der Waals surface area (Å²) >= 11 is 1.74. The molecule has 0 unspecified atom stereocenters. The smallest absolute Gasteiger partial charge is 1.00 e. The van der Waals surface area contributed by atoms with Crippen molar-refractivity contribution in [2.45, 2.75) is 182 Å². The van der Waals surface area contributed by atoms with E-state index in [0.717, 1.165) is 0 Å². The van der Waals surface area contributed by atoms with Crippen molar-refractivity contribution in [3.63, 3.8) is 0 Å². The summed E-state index contributed by atoms with van der Waals surface area (Å²) in [6.07, 6.45) is 22.1. The van der Waals surface area contributed by atoms with E-state index in [0.29, 0.717) is 10.8 Å². The molecule has 0 aliphatic heterocycles. The van der Waals surface area contributed by atoms with E-state index >= 15 is 0 Å². The molecule has 0 aromatic heterocycles. The number of hydrogen-bond donors (Lipinski definition) is 0. The van der Waals surface area contributed by atoms with E-state index in [4.69, 9.17) is 0 Å². The van der Waals surface area contributed by atoms with E-state index in [1.807, 2.05) is 0 Å². The molecule has 2 aliphatic rings. The first kappa shape index (κ1) is 54.4. The molecule has 6 aromatic rings. The van der Waals surface area contributed by atoms with Gasteiger partial charge in [-0.15, -0.1) is 69.1 Å². The van der Waals surface area contributed by atoms with Gasteiger partial charge in [0.2, 0.25) is 0 Å². The summed E-state index contributed by atoms with van der Waals surface area (Å²) in [6.45, 7) is 23.4. The molecular formula is C60H80Cl2SiZr-2. The van der Waals surface area contributed by atoms with Gasteiger partial charge in [-0.3, -0.25) is 0 Å². The molecule has 6 aromatic carbocycles. The fraction of sp³-hybridized carbons (Fsp3) is 0.500. The Labute approximate surface area is 418 Å². The Morgan fingerprint density at radius 3 is 1.11 bits per heavy atom. The molecule has 0 heterocycles. The molecule has 2 saturated carbocycles. The van der Waals surface area contributed by atoms with Crippen LogP contribution in [-0.2, 0) is 47.0 Å². The largest absolute Gasteiger partial charge is 1.00 e. The van der Waals surface area contributed by atoms with E-state index in [1.165, 1.54) is 158 Å². The van der Waals surface area contributed by atoms with Gasteiger partial charge in [0.1, 0.15) is 0 Å². The summed E-state index contributed by atoms with van der Waals surface area (Å²) < 4.78 is 0. The molecule has 2 fully saturated rings. The van der Waals surface area contributed by atoms with Crippen molar-refractivity contribution in [2.75, 3.05) is 0 Å². The number of fused-ring (bicyclic) bond motifs is 2. The van der Waals surface area contributed by atoms with Crippen LogP contribution in [-0.4, -0.2) is 5.43 Å². The van der Waals surface area contributed by atoms with Crippen LogP contribution in [0.15, 0.2) is 109 Å². The second-order valence-electron chi connectivity index (χ2n) is 21.8. The van der Waals surface area contributed by atoms with Crippen LogP contribution in [0.2, 0.25) is 13.1 Å². The molecule has 8 rings (SSSR count). The van der Waals surface area contributed by atoms with E-state index in [9.17, 15) is 0 Å². The van der Waals surface area contributed by atoms with Gasteiger partial charge >= 0.3 is 41.9 Å². The Hall–Kier alpha value is -2.22. The maximum Gasteiger partial charge on any atom is -1.00 e. The summed E-state index contributed by atoms with van der Waals surface area (Å²) in [6, 6.07) is 41.6. The summed E-state index contributed by atoms with van der Waals surface area (Å²) in [4.78, 5) is 0. The van der Waals surface area contributed by atoms with Gasteiger partial charge < -0.3 is 24.8 Å². The second kappa shape index (κ2) is 24.2. The van der Waals surface area contributed by atoms with Crippen LogP contribution in [0.25, 0.3) is 43.8 Å². The van der Waals surface area contributed by atoms with Crippen LogP contribution in [0, 0.1) is 10.8 Å². The van der Waals surface area contributed by atoms with E-state index in [-0.39, 0.29) is 41.1 Å². The third-order valence-corrected chi connectivity index (χ3v) is 14.7. The predicted octanol–water partition coefficient (Wildman–Crippen LogP) is 12.4. The second-order valence-corrected chi connectivity index (χ2v) is 31.2. The quantitative estimate of drug-likeness (QED) is 0.0810. The SMILES string of the molecule is CCC1(Cc2cc3c(-c4ccccc4C(C)(C)C)cccc3[cH-]2)CCCCCC1.CCC1(Cc2cc3c(-c4ccccc4C(C)(C)C)cccc3[cH-]2)CCCCCC1.C[Si](C)=[Zr+2].[Cl-].[Cl-]. The first-order valence-corrected chi connectivity index (χ1v) is 30.8. The van der Waals surface area contributed by atoms with Gasteiger partial charge in [-0.2, -0.15) is 12.1 Å². The average Bonchev–Trinajstić information content (AvgIpc) is 3.66. The van der Waals surface area contributed by atoms with Crippen LogP contribution < -0.4 is 24.8 Å². The summed E-state index contributed by atoms with van der Waals surface area (Å²) in [7, 11) is 0. The first-order chi connectivity index (χ1) is 29.6. The maximum absolute atomic E-state index is 2.51. The zero-order valence-corrected chi connectivity index (χ0v) is 46.4. The molecule has 0 bridgehead atoms. The van der Waals surface area contributed by atoms with E-state index in [2.05, 4.69) is 178 Å². The van der Waals surface area contributed by atoms with Crippen molar-refractivity contribution in [1.82, 2.24) is 0 Å². The standard InChI is InChI=1S/2C29H37.C2H6Si.2ClH.Zr/c2*1-5-29(17-10-6-7-11-18-29)21-22-19-23-13-12-15-24(26(23)20-22)25-14-8-9-16-27(25)28(2,3)4;1-3-2;;;/h2*8-9,12-16,19-20H,5-7,10-11,17-18,21H2,1-4H3;1-2H3;2*1H;/q2*-1;;;;+2/p-2. The first-order valence-electron chi connectivity index (χ1n) is 24.7. The predicted molar refractivity (Wildman–Crippen MR) is 273 cm³/mol. The van der Waals surface area contributed by atoms with Gasteiger partial charge in [0.15, 0.2) is 0 Å². The van der Waals surface area contributed by atoms with Gasteiger partial charge in [-0.25, -0.2) is 0 Å². The molecule has 0 spiro atoms. The van der Waals surface area contributed by atoms with Gasteiger partial charge in [0.25, 0.3) is 0 Å². The van der Waals surface area contributed by atoms with Crippen molar-refractivity contribution in [2.24, 2.45) is 10.8 Å². The van der Waals surface area contributed by atoms with Crippen LogP contribution >= 0.6 is 0 Å². The zero-order valence-electron chi connectivity index (χ0n) is 41.5. The van der Waals surface area contributed by atoms with Gasteiger partial charge in [0.05, 0.1) is 0 Å². The number of rotatable bonds is 8. The topological polar surface area (TPSA) is 0 Å². The minimum atomic E-state index is 0. The molecule has 0 saturated heterocycles. The maximum atomic E-state index is 2.51. The summed E-state index contributed by atoms with van der Waals surface area (Å²) in [5.41, 5.74) is 13.1. The fourth-order valence-electron chi connectivity index (χ4n) is 11.1. The van der Waals surface area contributed by atoms with Crippen LogP contribution in [0.4, 0.5) is 0 Å². The molecule has 0 nitrogen and oxygen atoms in total. The number of hydrogen-bond acceptors (Lipinski definition) is 0.